The molecule has 0 spiro atoms. The lowest BCUT2D eigenvalue weighted by molar-refractivity contribution is 0.186. The predicted octanol–water partition coefficient (Wildman–Crippen LogP) is 3.25. The second-order valence-electron chi connectivity index (χ2n) is 4.08. The molecule has 0 fully saturated rings. The van der Waals surface area contributed by atoms with E-state index in [-0.39, 0.29) is 17.8 Å². The van der Waals surface area contributed by atoms with Gasteiger partial charge in [-0.1, -0.05) is 18.2 Å². The Morgan fingerprint density at radius 3 is 2.26 bits per heavy atom. The molecule has 2 aromatic rings. The quantitative estimate of drug-likeness (QED) is 0.891. The Balaban J connectivity index is 2.04. The van der Waals surface area contributed by atoms with E-state index >= 15 is 0 Å². The zero-order valence-corrected chi connectivity index (χ0v) is 9.91. The second-order valence-corrected chi connectivity index (χ2v) is 4.08. The van der Waals surface area contributed by atoms with Gasteiger partial charge in [0.15, 0.2) is 0 Å². The number of rotatable bonds is 4. The third-order valence-electron chi connectivity index (χ3n) is 2.63. The molecule has 2 nitrogen and oxygen atoms in total. The minimum absolute atomic E-state index is 0.0518. The van der Waals surface area contributed by atoms with Gasteiger partial charge >= 0.3 is 0 Å². The minimum atomic E-state index is -1.10. The smallest absolute Gasteiger partial charge is 0.129 e. The van der Waals surface area contributed by atoms with Crippen LogP contribution in [0.5, 0.6) is 0 Å². The van der Waals surface area contributed by atoms with Crippen LogP contribution in [0.4, 0.5) is 18.9 Å². The molecular weight excluding hydrogens is 255 g/mol. The van der Waals surface area contributed by atoms with E-state index in [0.717, 1.165) is 18.2 Å². The molecule has 0 aromatic heterocycles. The molecule has 2 rings (SSSR count). The summed E-state index contributed by atoms with van der Waals surface area (Å²) in [5, 5.41) is 12.5. The SMILES string of the molecule is OC(CNc1cc(F)cc(F)c1)c1ccccc1F. The first-order valence-electron chi connectivity index (χ1n) is 5.69. The summed E-state index contributed by atoms with van der Waals surface area (Å²) in [4.78, 5) is 0. The Morgan fingerprint density at radius 1 is 1.00 bits per heavy atom. The van der Waals surface area contributed by atoms with Crippen molar-refractivity contribution >= 4 is 5.69 Å². The van der Waals surface area contributed by atoms with Gasteiger partial charge in [-0.2, -0.15) is 0 Å². The second kappa shape index (κ2) is 5.75. The van der Waals surface area contributed by atoms with Gasteiger partial charge in [-0.3, -0.25) is 0 Å². The molecule has 0 aliphatic carbocycles. The minimum Gasteiger partial charge on any atom is -0.386 e. The van der Waals surface area contributed by atoms with E-state index in [1.165, 1.54) is 18.2 Å². The summed E-state index contributed by atoms with van der Waals surface area (Å²) in [5.41, 5.74) is 0.319. The van der Waals surface area contributed by atoms with Crippen molar-refractivity contribution in [3.63, 3.8) is 0 Å². The summed E-state index contributed by atoms with van der Waals surface area (Å²) in [6.07, 6.45) is -1.10. The molecule has 0 heterocycles. The molecule has 19 heavy (non-hydrogen) atoms. The average Bonchev–Trinajstić information content (AvgIpc) is 2.35. The van der Waals surface area contributed by atoms with Crippen LogP contribution in [0, 0.1) is 17.5 Å². The number of aliphatic hydroxyl groups is 1. The standard InChI is InChI=1S/C14H12F3NO/c15-9-5-10(16)7-11(6-9)18-8-14(19)12-3-1-2-4-13(12)17/h1-7,14,18-19H,8H2. The van der Waals surface area contributed by atoms with Crippen molar-refractivity contribution in [1.29, 1.82) is 0 Å². The van der Waals surface area contributed by atoms with E-state index in [4.69, 9.17) is 0 Å². The van der Waals surface area contributed by atoms with Gasteiger partial charge in [-0.05, 0) is 18.2 Å². The van der Waals surface area contributed by atoms with Crippen LogP contribution in [0.1, 0.15) is 11.7 Å². The lowest BCUT2D eigenvalue weighted by Crippen LogP contribution is -2.13. The fraction of sp³-hybridized carbons (Fsp3) is 0.143. The number of hydrogen-bond acceptors (Lipinski definition) is 2. The highest BCUT2D eigenvalue weighted by Crippen LogP contribution is 2.18. The van der Waals surface area contributed by atoms with Crippen molar-refractivity contribution in [2.75, 3.05) is 11.9 Å². The molecule has 0 aliphatic heterocycles. The maximum atomic E-state index is 13.4. The molecule has 0 aliphatic rings. The average molecular weight is 267 g/mol. The van der Waals surface area contributed by atoms with Gasteiger partial charge in [-0.15, -0.1) is 0 Å². The van der Waals surface area contributed by atoms with Crippen LogP contribution in [-0.2, 0) is 0 Å². The fourth-order valence-electron chi connectivity index (χ4n) is 1.73. The monoisotopic (exact) mass is 267 g/mol. The van der Waals surface area contributed by atoms with Crippen LogP contribution in [0.25, 0.3) is 0 Å². The van der Waals surface area contributed by atoms with Gasteiger partial charge in [0, 0.05) is 23.9 Å². The van der Waals surface area contributed by atoms with Crippen LogP contribution >= 0.6 is 0 Å². The molecular formula is C14H12F3NO. The van der Waals surface area contributed by atoms with Crippen molar-refractivity contribution in [3.05, 3.63) is 65.5 Å². The van der Waals surface area contributed by atoms with Crippen LogP contribution in [0.15, 0.2) is 42.5 Å². The van der Waals surface area contributed by atoms with Crippen LogP contribution in [0.2, 0.25) is 0 Å². The molecule has 1 atom stereocenters. The molecule has 100 valence electrons. The van der Waals surface area contributed by atoms with Crippen molar-refractivity contribution < 1.29 is 18.3 Å². The van der Waals surface area contributed by atoms with E-state index in [2.05, 4.69) is 5.32 Å². The summed E-state index contributed by atoms with van der Waals surface area (Å²) >= 11 is 0. The van der Waals surface area contributed by atoms with E-state index in [1.54, 1.807) is 6.07 Å². The van der Waals surface area contributed by atoms with Gasteiger partial charge in [0.2, 0.25) is 0 Å². The topological polar surface area (TPSA) is 32.3 Å². The largest absolute Gasteiger partial charge is 0.386 e. The fourth-order valence-corrected chi connectivity index (χ4v) is 1.73. The van der Waals surface area contributed by atoms with E-state index in [9.17, 15) is 18.3 Å². The number of nitrogens with one attached hydrogen (secondary N) is 1. The van der Waals surface area contributed by atoms with E-state index in [1.807, 2.05) is 0 Å². The van der Waals surface area contributed by atoms with E-state index in [0.29, 0.717) is 0 Å². The molecule has 0 amide bonds. The normalized spacial score (nSPS) is 12.2. The maximum absolute atomic E-state index is 13.4. The Bertz CT molecular complexity index is 554. The molecule has 2 aromatic carbocycles. The number of hydrogen-bond donors (Lipinski definition) is 2. The predicted molar refractivity (Wildman–Crippen MR) is 66.2 cm³/mol. The summed E-state index contributed by atoms with van der Waals surface area (Å²) in [5.74, 6) is -1.96. The first kappa shape index (κ1) is 13.4. The lowest BCUT2D eigenvalue weighted by Gasteiger charge is -2.14. The molecule has 1 unspecified atom stereocenters. The van der Waals surface area contributed by atoms with Crippen LogP contribution in [-0.4, -0.2) is 11.7 Å². The Labute approximate surface area is 108 Å². The highest BCUT2D eigenvalue weighted by Gasteiger charge is 2.12. The van der Waals surface area contributed by atoms with Gasteiger partial charge in [0.25, 0.3) is 0 Å². The zero-order chi connectivity index (χ0) is 13.8. The summed E-state index contributed by atoms with van der Waals surface area (Å²) in [6.45, 7) is -0.0518. The molecule has 0 radical (unpaired) electrons. The van der Waals surface area contributed by atoms with Crippen LogP contribution in [0.3, 0.4) is 0 Å². The van der Waals surface area contributed by atoms with Gasteiger partial charge in [-0.25, -0.2) is 13.2 Å². The van der Waals surface area contributed by atoms with Crippen molar-refractivity contribution in [2.45, 2.75) is 6.10 Å². The molecule has 0 saturated heterocycles. The van der Waals surface area contributed by atoms with Crippen molar-refractivity contribution in [1.82, 2.24) is 0 Å². The number of anilines is 1. The molecule has 2 N–H and O–H groups in total. The summed E-state index contributed by atoms with van der Waals surface area (Å²) < 4.78 is 39.3. The third-order valence-corrected chi connectivity index (χ3v) is 2.63. The summed E-state index contributed by atoms with van der Waals surface area (Å²) in [7, 11) is 0. The zero-order valence-electron chi connectivity index (χ0n) is 9.91. The molecule has 5 heteroatoms. The Morgan fingerprint density at radius 2 is 1.63 bits per heavy atom. The lowest BCUT2D eigenvalue weighted by atomic mass is 10.1. The van der Waals surface area contributed by atoms with Crippen molar-refractivity contribution in [3.8, 4) is 0 Å². The number of benzene rings is 2. The van der Waals surface area contributed by atoms with Crippen LogP contribution < -0.4 is 5.32 Å². The highest BCUT2D eigenvalue weighted by molar-refractivity contribution is 5.44. The Hall–Kier alpha value is -2.01. The third kappa shape index (κ3) is 3.48. The van der Waals surface area contributed by atoms with E-state index < -0.39 is 23.6 Å². The van der Waals surface area contributed by atoms with Crippen molar-refractivity contribution in [2.24, 2.45) is 0 Å². The van der Waals surface area contributed by atoms with Gasteiger partial charge in [0.05, 0.1) is 6.10 Å². The molecule has 0 bridgehead atoms. The number of aliphatic hydroxyl groups excluding tert-OH is 1. The highest BCUT2D eigenvalue weighted by atomic mass is 19.1. The molecule has 0 saturated carbocycles. The first-order chi connectivity index (χ1) is 9.06. The summed E-state index contributed by atoms with van der Waals surface area (Å²) in [6, 6.07) is 8.74. The first-order valence-corrected chi connectivity index (χ1v) is 5.69. The maximum Gasteiger partial charge on any atom is 0.129 e. The Kier molecular flexibility index (Phi) is 4.06. The number of halogens is 3. The van der Waals surface area contributed by atoms with Gasteiger partial charge < -0.3 is 10.4 Å². The van der Waals surface area contributed by atoms with Gasteiger partial charge in [0.1, 0.15) is 17.5 Å².